The summed E-state index contributed by atoms with van der Waals surface area (Å²) in [6, 6.07) is 18.2. The van der Waals surface area contributed by atoms with Crippen LogP contribution < -0.4 is 0 Å². The van der Waals surface area contributed by atoms with Gasteiger partial charge in [-0.15, -0.1) is 0 Å². The van der Waals surface area contributed by atoms with Gasteiger partial charge in [-0.2, -0.15) is 0 Å². The maximum absolute atomic E-state index is 10.5. The molecule has 19 heavy (non-hydrogen) atoms. The van der Waals surface area contributed by atoms with Gasteiger partial charge in [0.2, 0.25) is 0 Å². The molecule has 4 heteroatoms. The van der Waals surface area contributed by atoms with Crippen LogP contribution in [0.5, 0.6) is 0 Å². The van der Waals surface area contributed by atoms with Crippen molar-refractivity contribution in [1.29, 1.82) is 0 Å². The molecule has 0 unspecified atom stereocenters. The van der Waals surface area contributed by atoms with Crippen LogP contribution in [0.25, 0.3) is 11.1 Å². The summed E-state index contributed by atoms with van der Waals surface area (Å²) in [7, 11) is 0. The molecular formula is C15H16Na2O2. The Bertz CT molecular complexity index is 495. The van der Waals surface area contributed by atoms with E-state index < -0.39 is 5.97 Å². The molecule has 0 spiro atoms. The number of hydrogen-bond donors (Lipinski definition) is 1. The fourth-order valence-electron chi connectivity index (χ4n) is 1.75. The Morgan fingerprint density at radius 3 is 1.89 bits per heavy atom. The zero-order valence-corrected chi connectivity index (χ0v) is 9.47. The van der Waals surface area contributed by atoms with Crippen molar-refractivity contribution < 1.29 is 9.90 Å². The van der Waals surface area contributed by atoms with Crippen molar-refractivity contribution in [3.63, 3.8) is 0 Å². The molecule has 1 N–H and O–H groups in total. The van der Waals surface area contributed by atoms with Crippen molar-refractivity contribution in [3.8, 4) is 11.1 Å². The van der Waals surface area contributed by atoms with Crippen molar-refractivity contribution in [2.24, 2.45) is 0 Å². The minimum absolute atomic E-state index is 0. The van der Waals surface area contributed by atoms with E-state index in [1.807, 2.05) is 42.5 Å². The number of carbonyl (C=O) groups is 1. The van der Waals surface area contributed by atoms with Crippen molar-refractivity contribution in [1.82, 2.24) is 0 Å². The maximum atomic E-state index is 10.5. The molecule has 0 atom stereocenters. The summed E-state index contributed by atoms with van der Waals surface area (Å²) < 4.78 is 0. The van der Waals surface area contributed by atoms with Crippen LogP contribution in [0.3, 0.4) is 0 Å². The Hall–Kier alpha value is -0.0900. The summed E-state index contributed by atoms with van der Waals surface area (Å²) in [6.45, 7) is 0. The van der Waals surface area contributed by atoms with Gasteiger partial charge in [0.15, 0.2) is 0 Å². The number of carboxylic acid groups (broad SMARTS) is 1. The van der Waals surface area contributed by atoms with E-state index in [1.54, 1.807) is 0 Å². The second-order valence-electron chi connectivity index (χ2n) is 3.96. The summed E-state index contributed by atoms with van der Waals surface area (Å²) in [5.41, 5.74) is 3.40. The van der Waals surface area contributed by atoms with Gasteiger partial charge in [-0.1, -0.05) is 54.6 Å². The van der Waals surface area contributed by atoms with Crippen LogP contribution in [-0.4, -0.2) is 70.2 Å². The Morgan fingerprint density at radius 1 is 0.842 bits per heavy atom. The average molecular weight is 274 g/mol. The minimum atomic E-state index is -0.753. The summed E-state index contributed by atoms with van der Waals surface area (Å²) in [5, 5.41) is 8.61. The number of benzene rings is 2. The summed E-state index contributed by atoms with van der Waals surface area (Å²) >= 11 is 0. The van der Waals surface area contributed by atoms with Gasteiger partial charge in [-0.25, -0.2) is 0 Å². The van der Waals surface area contributed by atoms with Crippen LogP contribution in [0.15, 0.2) is 54.6 Å². The molecule has 0 aliphatic rings. The fourth-order valence-corrected chi connectivity index (χ4v) is 1.75. The van der Waals surface area contributed by atoms with Crippen molar-refractivity contribution in [2.45, 2.75) is 12.8 Å². The molecule has 0 bridgehead atoms. The first kappa shape index (κ1) is 18.9. The average Bonchev–Trinajstić information content (AvgIpc) is 2.38. The predicted octanol–water partition coefficient (Wildman–Crippen LogP) is 2.07. The third kappa shape index (κ3) is 6.26. The topological polar surface area (TPSA) is 37.3 Å². The summed E-state index contributed by atoms with van der Waals surface area (Å²) in [6.07, 6.45) is 0.773. The summed E-state index contributed by atoms with van der Waals surface area (Å²) in [5.74, 6) is -0.753. The first-order valence-corrected chi connectivity index (χ1v) is 5.62. The number of aryl methyl sites for hydroxylation is 1. The van der Waals surface area contributed by atoms with Crippen LogP contribution >= 0.6 is 0 Å². The molecule has 0 heterocycles. The molecule has 2 aromatic rings. The zero-order valence-electron chi connectivity index (χ0n) is 9.47. The van der Waals surface area contributed by atoms with Crippen LogP contribution in [0, 0.1) is 0 Å². The van der Waals surface area contributed by atoms with E-state index in [0.717, 1.165) is 11.1 Å². The Kier molecular flexibility index (Phi) is 9.71. The van der Waals surface area contributed by atoms with E-state index in [9.17, 15) is 4.79 Å². The van der Waals surface area contributed by atoms with Gasteiger partial charge in [0, 0.05) is 6.42 Å². The van der Waals surface area contributed by atoms with Gasteiger partial charge in [0.05, 0.1) is 0 Å². The second kappa shape index (κ2) is 9.76. The predicted molar refractivity (Wildman–Crippen MR) is 82.1 cm³/mol. The molecule has 2 nitrogen and oxygen atoms in total. The Balaban J connectivity index is 0.00000162. The van der Waals surface area contributed by atoms with Gasteiger partial charge >= 0.3 is 65.1 Å². The standard InChI is InChI=1S/C15H14O2.2Na.2H/c16-15(17)11-8-12-6-9-14(10-7-12)13-4-2-1-3-5-13;;;;/h1-7,9-10H,8,11H2,(H,16,17);;;;. The van der Waals surface area contributed by atoms with Crippen molar-refractivity contribution in [2.75, 3.05) is 0 Å². The van der Waals surface area contributed by atoms with Crippen LogP contribution in [0.2, 0.25) is 0 Å². The third-order valence-corrected chi connectivity index (χ3v) is 2.69. The molecule has 90 valence electrons. The number of carboxylic acids is 1. The van der Waals surface area contributed by atoms with Gasteiger partial charge < -0.3 is 5.11 Å². The molecule has 0 aliphatic carbocycles. The molecule has 0 saturated carbocycles. The van der Waals surface area contributed by atoms with E-state index >= 15 is 0 Å². The zero-order chi connectivity index (χ0) is 12.1. The van der Waals surface area contributed by atoms with Crippen molar-refractivity contribution in [3.05, 3.63) is 60.2 Å². The molecule has 0 radical (unpaired) electrons. The molecule has 0 aliphatic heterocycles. The molecule has 2 aromatic carbocycles. The molecule has 2 rings (SSSR count). The van der Waals surface area contributed by atoms with Crippen LogP contribution in [0.4, 0.5) is 0 Å². The Labute approximate surface area is 157 Å². The second-order valence-corrected chi connectivity index (χ2v) is 3.96. The number of hydrogen-bond acceptors (Lipinski definition) is 1. The third-order valence-electron chi connectivity index (χ3n) is 2.69. The van der Waals surface area contributed by atoms with Crippen molar-refractivity contribution >= 4 is 65.1 Å². The monoisotopic (exact) mass is 274 g/mol. The van der Waals surface area contributed by atoms with Gasteiger partial charge in [0.1, 0.15) is 0 Å². The van der Waals surface area contributed by atoms with E-state index in [1.165, 1.54) is 5.56 Å². The molecular weight excluding hydrogens is 258 g/mol. The van der Waals surface area contributed by atoms with Gasteiger partial charge in [-0.05, 0) is 23.1 Å². The van der Waals surface area contributed by atoms with Gasteiger partial charge in [0.25, 0.3) is 0 Å². The van der Waals surface area contributed by atoms with E-state index in [2.05, 4.69) is 12.1 Å². The molecule has 0 aromatic heterocycles. The van der Waals surface area contributed by atoms with Gasteiger partial charge in [-0.3, -0.25) is 4.79 Å². The quantitative estimate of drug-likeness (QED) is 0.867. The molecule has 0 amide bonds. The first-order chi connectivity index (χ1) is 8.25. The molecule has 0 saturated heterocycles. The fraction of sp³-hybridized carbons (Fsp3) is 0.133. The SMILES string of the molecule is O=C(O)CCc1ccc(-c2ccccc2)cc1.[NaH].[NaH]. The molecule has 0 fully saturated rings. The summed E-state index contributed by atoms with van der Waals surface area (Å²) in [4.78, 5) is 10.5. The normalized spacial score (nSPS) is 9.05. The van der Waals surface area contributed by atoms with Crippen LogP contribution in [-0.2, 0) is 11.2 Å². The Morgan fingerprint density at radius 2 is 1.37 bits per heavy atom. The van der Waals surface area contributed by atoms with E-state index in [4.69, 9.17) is 5.11 Å². The number of aliphatic carboxylic acids is 1. The van der Waals surface area contributed by atoms with E-state index in [0.29, 0.717) is 6.42 Å². The number of rotatable bonds is 4. The van der Waals surface area contributed by atoms with E-state index in [-0.39, 0.29) is 65.5 Å². The first-order valence-electron chi connectivity index (χ1n) is 5.62. The van der Waals surface area contributed by atoms with Crippen LogP contribution in [0.1, 0.15) is 12.0 Å².